The molecule has 0 unspecified atom stereocenters. The molecule has 0 saturated carbocycles. The maximum absolute atomic E-state index is 5.90. The molecule has 0 aliphatic heterocycles. The van der Waals surface area contributed by atoms with E-state index in [4.69, 9.17) is 17.3 Å². The van der Waals surface area contributed by atoms with E-state index >= 15 is 0 Å². The van der Waals surface area contributed by atoms with Gasteiger partial charge in [-0.25, -0.2) is 0 Å². The van der Waals surface area contributed by atoms with E-state index in [1.54, 1.807) is 11.3 Å². The third-order valence-electron chi connectivity index (χ3n) is 2.63. The zero-order chi connectivity index (χ0) is 12.3. The monoisotopic (exact) mass is 266 g/mol. The molecule has 2 rings (SSSR count). The number of thiophene rings is 1. The molecule has 2 N–H and O–H groups in total. The Labute approximate surface area is 111 Å². The Balaban J connectivity index is 1.95. The first kappa shape index (κ1) is 12.3. The summed E-state index contributed by atoms with van der Waals surface area (Å²) in [4.78, 5) is 3.51. The molecule has 0 aliphatic rings. The summed E-state index contributed by atoms with van der Waals surface area (Å²) in [5, 5.41) is 0. The molecule has 0 amide bonds. The SMILES string of the molecule is CN(CCc1ccc(Cl)s1)c1cccc(N)c1. The predicted molar refractivity (Wildman–Crippen MR) is 77.2 cm³/mol. The average molecular weight is 267 g/mol. The van der Waals surface area contributed by atoms with Crippen molar-refractivity contribution in [2.24, 2.45) is 0 Å². The van der Waals surface area contributed by atoms with Gasteiger partial charge < -0.3 is 10.6 Å². The van der Waals surface area contributed by atoms with Gasteiger partial charge in [-0.15, -0.1) is 11.3 Å². The molecule has 0 spiro atoms. The van der Waals surface area contributed by atoms with Crippen molar-refractivity contribution < 1.29 is 0 Å². The van der Waals surface area contributed by atoms with E-state index in [1.807, 2.05) is 24.3 Å². The molecule has 0 fully saturated rings. The first-order valence-electron chi connectivity index (χ1n) is 5.46. The van der Waals surface area contributed by atoms with Crippen LogP contribution in [0.4, 0.5) is 11.4 Å². The number of nitrogens with zero attached hydrogens (tertiary/aromatic N) is 1. The third kappa shape index (κ3) is 3.38. The summed E-state index contributed by atoms with van der Waals surface area (Å²) < 4.78 is 0.853. The van der Waals surface area contributed by atoms with Crippen molar-refractivity contribution >= 4 is 34.3 Å². The Hall–Kier alpha value is -1.19. The number of hydrogen-bond acceptors (Lipinski definition) is 3. The fourth-order valence-corrected chi connectivity index (χ4v) is 2.73. The fourth-order valence-electron chi connectivity index (χ4n) is 1.66. The van der Waals surface area contributed by atoms with Crippen LogP contribution >= 0.6 is 22.9 Å². The average Bonchev–Trinajstić information content (AvgIpc) is 2.72. The second-order valence-corrected chi connectivity index (χ2v) is 5.77. The van der Waals surface area contributed by atoms with Crippen LogP contribution in [-0.2, 0) is 6.42 Å². The Kier molecular flexibility index (Phi) is 3.92. The van der Waals surface area contributed by atoms with Crippen molar-refractivity contribution in [2.45, 2.75) is 6.42 Å². The summed E-state index contributed by atoms with van der Waals surface area (Å²) in [7, 11) is 2.07. The first-order valence-corrected chi connectivity index (χ1v) is 6.65. The van der Waals surface area contributed by atoms with Crippen LogP contribution in [0.15, 0.2) is 36.4 Å². The van der Waals surface area contributed by atoms with Gasteiger partial charge >= 0.3 is 0 Å². The third-order valence-corrected chi connectivity index (χ3v) is 3.92. The van der Waals surface area contributed by atoms with Crippen molar-refractivity contribution in [3.05, 3.63) is 45.6 Å². The van der Waals surface area contributed by atoms with Crippen molar-refractivity contribution in [1.29, 1.82) is 0 Å². The van der Waals surface area contributed by atoms with Gasteiger partial charge in [0.25, 0.3) is 0 Å². The summed E-state index contributed by atoms with van der Waals surface area (Å²) in [6, 6.07) is 12.0. The highest BCUT2D eigenvalue weighted by Crippen LogP contribution is 2.23. The molecule has 0 atom stereocenters. The van der Waals surface area contributed by atoms with Gasteiger partial charge in [-0.2, -0.15) is 0 Å². The maximum atomic E-state index is 5.90. The molecule has 4 heteroatoms. The number of nitrogen functional groups attached to an aromatic ring is 1. The van der Waals surface area contributed by atoms with Crippen LogP contribution < -0.4 is 10.6 Å². The second-order valence-electron chi connectivity index (χ2n) is 3.97. The van der Waals surface area contributed by atoms with Crippen molar-refractivity contribution in [2.75, 3.05) is 24.2 Å². The molecular weight excluding hydrogens is 252 g/mol. The van der Waals surface area contributed by atoms with E-state index in [-0.39, 0.29) is 0 Å². The normalized spacial score (nSPS) is 10.5. The van der Waals surface area contributed by atoms with Crippen LogP contribution in [0.5, 0.6) is 0 Å². The fraction of sp³-hybridized carbons (Fsp3) is 0.231. The summed E-state index contributed by atoms with van der Waals surface area (Å²) in [6.07, 6.45) is 1.00. The first-order chi connectivity index (χ1) is 8.15. The Morgan fingerprint density at radius 3 is 2.76 bits per heavy atom. The van der Waals surface area contributed by atoms with Gasteiger partial charge in [0.2, 0.25) is 0 Å². The number of rotatable bonds is 4. The molecule has 1 aromatic heterocycles. The minimum atomic E-state index is 0.800. The minimum absolute atomic E-state index is 0.800. The molecule has 1 heterocycles. The zero-order valence-corrected chi connectivity index (χ0v) is 11.3. The standard InChI is InChI=1S/C13H15ClN2S/c1-16(11-4-2-3-10(15)9-11)8-7-12-5-6-13(14)17-12/h2-6,9H,7-8,15H2,1H3. The molecule has 17 heavy (non-hydrogen) atoms. The van der Waals surface area contributed by atoms with Crippen molar-refractivity contribution in [3.63, 3.8) is 0 Å². The summed E-state index contributed by atoms with van der Waals surface area (Å²) in [5.74, 6) is 0. The Morgan fingerprint density at radius 1 is 1.29 bits per heavy atom. The lowest BCUT2D eigenvalue weighted by atomic mass is 10.2. The van der Waals surface area contributed by atoms with E-state index < -0.39 is 0 Å². The van der Waals surface area contributed by atoms with Gasteiger partial charge in [-0.1, -0.05) is 17.7 Å². The smallest absolute Gasteiger partial charge is 0.0931 e. The second kappa shape index (κ2) is 5.43. The largest absolute Gasteiger partial charge is 0.399 e. The van der Waals surface area contributed by atoms with Gasteiger partial charge in [-0.3, -0.25) is 0 Å². The molecule has 0 aliphatic carbocycles. The van der Waals surface area contributed by atoms with Gasteiger partial charge in [0.1, 0.15) is 0 Å². The van der Waals surface area contributed by atoms with Crippen LogP contribution in [0.25, 0.3) is 0 Å². The van der Waals surface area contributed by atoms with E-state index in [1.165, 1.54) is 4.88 Å². The molecule has 90 valence electrons. The number of benzene rings is 1. The Morgan fingerprint density at radius 2 is 2.12 bits per heavy atom. The molecule has 0 saturated heterocycles. The molecular formula is C13H15ClN2S. The summed E-state index contributed by atoms with van der Waals surface area (Å²) >= 11 is 7.54. The highest BCUT2D eigenvalue weighted by Gasteiger charge is 2.03. The summed E-state index contributed by atoms with van der Waals surface area (Å²) in [5.41, 5.74) is 7.71. The highest BCUT2D eigenvalue weighted by molar-refractivity contribution is 7.16. The number of nitrogens with two attached hydrogens (primary N) is 1. The van der Waals surface area contributed by atoms with E-state index in [0.29, 0.717) is 0 Å². The van der Waals surface area contributed by atoms with E-state index in [2.05, 4.69) is 24.1 Å². The molecule has 2 nitrogen and oxygen atoms in total. The topological polar surface area (TPSA) is 29.3 Å². The van der Waals surface area contributed by atoms with Crippen LogP contribution in [0, 0.1) is 0 Å². The van der Waals surface area contributed by atoms with Gasteiger partial charge in [0, 0.05) is 29.8 Å². The number of anilines is 2. The van der Waals surface area contributed by atoms with E-state index in [9.17, 15) is 0 Å². The van der Waals surface area contributed by atoms with Gasteiger partial charge in [0.05, 0.1) is 4.34 Å². The lowest BCUT2D eigenvalue weighted by molar-refractivity contribution is 0.888. The van der Waals surface area contributed by atoms with Gasteiger partial charge in [0.15, 0.2) is 0 Å². The molecule has 1 aromatic carbocycles. The van der Waals surface area contributed by atoms with Crippen molar-refractivity contribution in [3.8, 4) is 0 Å². The van der Waals surface area contributed by atoms with Crippen LogP contribution in [-0.4, -0.2) is 13.6 Å². The molecule has 0 radical (unpaired) electrons. The number of hydrogen-bond donors (Lipinski definition) is 1. The van der Waals surface area contributed by atoms with Crippen LogP contribution in [0.2, 0.25) is 4.34 Å². The predicted octanol–water partition coefficient (Wildman–Crippen LogP) is 3.66. The number of halogens is 1. The van der Waals surface area contributed by atoms with E-state index in [0.717, 1.165) is 28.7 Å². The lowest BCUT2D eigenvalue weighted by Gasteiger charge is -2.19. The summed E-state index contributed by atoms with van der Waals surface area (Å²) in [6.45, 7) is 0.959. The zero-order valence-electron chi connectivity index (χ0n) is 9.69. The molecule has 2 aromatic rings. The minimum Gasteiger partial charge on any atom is -0.399 e. The highest BCUT2D eigenvalue weighted by atomic mass is 35.5. The lowest BCUT2D eigenvalue weighted by Crippen LogP contribution is -2.19. The number of likely N-dealkylation sites (N-methyl/N-ethyl adjacent to an activating group) is 1. The molecule has 0 bridgehead atoms. The Bertz CT molecular complexity index is 496. The quantitative estimate of drug-likeness (QED) is 0.856. The van der Waals surface area contributed by atoms with Crippen LogP contribution in [0.3, 0.4) is 0 Å². The van der Waals surface area contributed by atoms with Crippen LogP contribution in [0.1, 0.15) is 4.88 Å². The maximum Gasteiger partial charge on any atom is 0.0931 e. The van der Waals surface area contributed by atoms with Crippen molar-refractivity contribution in [1.82, 2.24) is 0 Å². The van der Waals surface area contributed by atoms with Gasteiger partial charge in [-0.05, 0) is 36.8 Å².